The summed E-state index contributed by atoms with van der Waals surface area (Å²) in [4.78, 5) is 14.6. The van der Waals surface area contributed by atoms with Crippen molar-refractivity contribution in [1.82, 2.24) is 8.96 Å². The fourth-order valence-electron chi connectivity index (χ4n) is 2.55. The Hall–Kier alpha value is -2.05. The highest BCUT2D eigenvalue weighted by Gasteiger charge is 2.20. The van der Waals surface area contributed by atoms with Crippen LogP contribution in [0.3, 0.4) is 0 Å². The van der Waals surface area contributed by atoms with Crippen molar-refractivity contribution in [2.24, 2.45) is 0 Å². The number of fused-ring (bicyclic) bond motifs is 1. The molecule has 3 aromatic rings. The van der Waals surface area contributed by atoms with Gasteiger partial charge in [0.25, 0.3) is 0 Å². The van der Waals surface area contributed by atoms with Crippen LogP contribution in [-0.2, 0) is 16.4 Å². The second-order valence-electron chi connectivity index (χ2n) is 5.35. The Morgan fingerprint density at radius 1 is 1.17 bits per heavy atom. The second-order valence-corrected chi connectivity index (χ2v) is 7.72. The van der Waals surface area contributed by atoms with E-state index in [-0.39, 0.29) is 11.3 Å². The van der Waals surface area contributed by atoms with Gasteiger partial charge in [0.15, 0.2) is 0 Å². The minimum Gasteiger partial charge on any atom is -0.305 e. The Kier molecular flexibility index (Phi) is 4.04. The first kappa shape index (κ1) is 15.8. The van der Waals surface area contributed by atoms with Gasteiger partial charge in [-0.3, -0.25) is 0 Å². The van der Waals surface area contributed by atoms with Crippen LogP contribution in [-0.4, -0.2) is 23.1 Å². The van der Waals surface area contributed by atoms with E-state index in [0.29, 0.717) is 17.0 Å². The maximum absolute atomic E-state index is 12.6. The number of aromatic amines is 1. The summed E-state index contributed by atoms with van der Waals surface area (Å²) in [5.74, 6) is -0.156. The second kappa shape index (κ2) is 5.86. The highest BCUT2D eigenvalue weighted by molar-refractivity contribution is 7.90. The minimum atomic E-state index is -3.79. The predicted octanol–water partition coefficient (Wildman–Crippen LogP) is 2.71. The van der Waals surface area contributed by atoms with E-state index in [1.165, 1.54) is 6.07 Å². The number of hydrogen-bond donors (Lipinski definition) is 1. The van der Waals surface area contributed by atoms with Crippen molar-refractivity contribution >= 4 is 32.7 Å². The molecular weight excluding hydrogens is 336 g/mol. The molecule has 0 saturated carbocycles. The fraction of sp³-hybridized carbons (Fsp3) is 0.188. The molecule has 0 spiro atoms. The van der Waals surface area contributed by atoms with Crippen molar-refractivity contribution < 1.29 is 8.42 Å². The predicted molar refractivity (Wildman–Crippen MR) is 91.6 cm³/mol. The number of aromatic nitrogens is 2. The zero-order chi connectivity index (χ0) is 16.6. The standard InChI is InChI=1S/C16H15ClN2O3S/c1-11-4-2-3-5-12(11)8-9-23(21,22)19-15-10-13(17)6-7-14(15)18-16(19)20/h2-7,10H,8-9H2,1H3,(H,18,20). The topological polar surface area (TPSA) is 71.9 Å². The molecule has 5 nitrogen and oxygen atoms in total. The maximum Gasteiger partial charge on any atom is 0.340 e. The van der Waals surface area contributed by atoms with Crippen LogP contribution in [0.2, 0.25) is 5.02 Å². The van der Waals surface area contributed by atoms with Gasteiger partial charge in [-0.2, -0.15) is 3.97 Å². The number of rotatable bonds is 4. The molecule has 1 aromatic heterocycles. The maximum atomic E-state index is 12.6. The van der Waals surface area contributed by atoms with E-state index in [0.717, 1.165) is 15.1 Å². The Morgan fingerprint density at radius 2 is 1.91 bits per heavy atom. The molecule has 0 bridgehead atoms. The fourth-order valence-corrected chi connectivity index (χ4v) is 4.13. The molecule has 3 rings (SSSR count). The molecule has 0 amide bonds. The lowest BCUT2D eigenvalue weighted by molar-refractivity contribution is 0.586. The molecule has 0 aliphatic carbocycles. The van der Waals surface area contributed by atoms with E-state index in [2.05, 4.69) is 4.98 Å². The number of benzene rings is 2. The summed E-state index contributed by atoms with van der Waals surface area (Å²) < 4.78 is 26.0. The summed E-state index contributed by atoms with van der Waals surface area (Å²) in [5, 5.41) is 0.374. The van der Waals surface area contributed by atoms with E-state index in [1.54, 1.807) is 12.1 Å². The van der Waals surface area contributed by atoms with E-state index >= 15 is 0 Å². The molecule has 23 heavy (non-hydrogen) atoms. The van der Waals surface area contributed by atoms with Gasteiger partial charge in [0.2, 0.25) is 10.0 Å². The van der Waals surface area contributed by atoms with Gasteiger partial charge in [-0.25, -0.2) is 13.2 Å². The van der Waals surface area contributed by atoms with Crippen LogP contribution < -0.4 is 5.69 Å². The average Bonchev–Trinajstić information content (AvgIpc) is 2.82. The molecule has 2 aromatic carbocycles. The summed E-state index contributed by atoms with van der Waals surface area (Å²) >= 11 is 5.92. The number of nitrogens with one attached hydrogen (secondary N) is 1. The summed E-state index contributed by atoms with van der Waals surface area (Å²) in [6, 6.07) is 12.3. The first-order valence-corrected chi connectivity index (χ1v) is 9.05. The first-order chi connectivity index (χ1) is 10.9. The summed E-state index contributed by atoms with van der Waals surface area (Å²) in [6.45, 7) is 1.93. The molecule has 1 heterocycles. The van der Waals surface area contributed by atoms with Crippen LogP contribution in [0, 0.1) is 6.92 Å². The van der Waals surface area contributed by atoms with Crippen molar-refractivity contribution in [3.8, 4) is 0 Å². The summed E-state index contributed by atoms with van der Waals surface area (Å²) in [5.41, 5.74) is 2.01. The monoisotopic (exact) mass is 350 g/mol. The quantitative estimate of drug-likeness (QED) is 0.786. The Labute approximate surface area is 138 Å². The molecular formula is C16H15ClN2O3S. The number of H-pyrrole nitrogens is 1. The van der Waals surface area contributed by atoms with E-state index in [1.807, 2.05) is 31.2 Å². The summed E-state index contributed by atoms with van der Waals surface area (Å²) in [6.07, 6.45) is 0.342. The molecule has 0 saturated heterocycles. The van der Waals surface area contributed by atoms with Gasteiger partial charge in [0.05, 0.1) is 16.8 Å². The zero-order valence-corrected chi connectivity index (χ0v) is 14.0. The molecule has 0 atom stereocenters. The van der Waals surface area contributed by atoms with Crippen molar-refractivity contribution in [3.63, 3.8) is 0 Å². The molecule has 120 valence electrons. The SMILES string of the molecule is Cc1ccccc1CCS(=O)(=O)n1c(=O)[nH]c2ccc(Cl)cc21. The number of aryl methyl sites for hydroxylation is 2. The Balaban J connectivity index is 2.00. The Morgan fingerprint density at radius 3 is 2.65 bits per heavy atom. The lowest BCUT2D eigenvalue weighted by Crippen LogP contribution is -2.28. The van der Waals surface area contributed by atoms with Gasteiger partial charge in [0.1, 0.15) is 0 Å². The molecule has 0 aliphatic heterocycles. The molecule has 1 N–H and O–H groups in total. The van der Waals surface area contributed by atoms with Gasteiger partial charge < -0.3 is 4.98 Å². The molecule has 0 radical (unpaired) electrons. The smallest absolute Gasteiger partial charge is 0.305 e. The highest BCUT2D eigenvalue weighted by atomic mass is 35.5. The van der Waals surface area contributed by atoms with E-state index < -0.39 is 15.7 Å². The largest absolute Gasteiger partial charge is 0.340 e. The highest BCUT2D eigenvalue weighted by Crippen LogP contribution is 2.18. The average molecular weight is 351 g/mol. The van der Waals surface area contributed by atoms with Crippen LogP contribution in [0.4, 0.5) is 0 Å². The van der Waals surface area contributed by atoms with Crippen molar-refractivity contribution in [1.29, 1.82) is 0 Å². The lowest BCUT2D eigenvalue weighted by Gasteiger charge is -2.08. The van der Waals surface area contributed by atoms with Crippen molar-refractivity contribution in [2.75, 3.05) is 5.75 Å². The number of hydrogen-bond acceptors (Lipinski definition) is 3. The number of nitrogens with zero attached hydrogens (tertiary/aromatic N) is 1. The third kappa shape index (κ3) is 3.04. The normalized spacial score (nSPS) is 11.9. The first-order valence-electron chi connectivity index (χ1n) is 7.06. The van der Waals surface area contributed by atoms with Crippen molar-refractivity contribution in [2.45, 2.75) is 13.3 Å². The minimum absolute atomic E-state index is 0.156. The van der Waals surface area contributed by atoms with Crippen LogP contribution in [0.15, 0.2) is 47.3 Å². The number of halogens is 1. The number of imidazole rings is 1. The molecule has 0 fully saturated rings. The summed E-state index contributed by atoms with van der Waals surface area (Å²) in [7, 11) is -3.79. The molecule has 0 aliphatic rings. The van der Waals surface area contributed by atoms with E-state index in [4.69, 9.17) is 11.6 Å². The Bertz CT molecular complexity index is 1030. The van der Waals surface area contributed by atoms with Gasteiger partial charge in [-0.15, -0.1) is 0 Å². The lowest BCUT2D eigenvalue weighted by atomic mass is 10.1. The van der Waals surface area contributed by atoms with Gasteiger partial charge >= 0.3 is 5.69 Å². The molecule has 0 unspecified atom stereocenters. The van der Waals surface area contributed by atoms with Gasteiger partial charge in [-0.05, 0) is 42.7 Å². The van der Waals surface area contributed by atoms with Crippen LogP contribution in [0.1, 0.15) is 11.1 Å². The van der Waals surface area contributed by atoms with Gasteiger partial charge in [-0.1, -0.05) is 35.9 Å². The van der Waals surface area contributed by atoms with Crippen molar-refractivity contribution in [3.05, 3.63) is 69.1 Å². The third-order valence-electron chi connectivity index (χ3n) is 3.77. The zero-order valence-electron chi connectivity index (χ0n) is 12.4. The van der Waals surface area contributed by atoms with Crippen LogP contribution in [0.25, 0.3) is 11.0 Å². The van der Waals surface area contributed by atoms with Gasteiger partial charge in [0, 0.05) is 5.02 Å². The van der Waals surface area contributed by atoms with E-state index in [9.17, 15) is 13.2 Å². The third-order valence-corrected chi connectivity index (χ3v) is 5.65. The van der Waals surface area contributed by atoms with Crippen LogP contribution >= 0.6 is 11.6 Å². The molecule has 7 heteroatoms. The van der Waals surface area contributed by atoms with Crippen LogP contribution in [0.5, 0.6) is 0 Å².